The summed E-state index contributed by atoms with van der Waals surface area (Å²) in [6, 6.07) is 0. The van der Waals surface area contributed by atoms with Gasteiger partial charge in [0.1, 0.15) is 0 Å². The Balaban J connectivity index is -0.000000130. The number of nitrogens with two attached hydrogens (primary N) is 6. The fraction of sp³-hybridized carbons (Fsp3) is 0.333. The van der Waals surface area contributed by atoms with Gasteiger partial charge in [-0.1, -0.05) is 0 Å². The topological polar surface area (TPSA) is 314 Å². The van der Waals surface area contributed by atoms with Crippen LogP contribution in [0.4, 0.5) is 0 Å². The maximum Gasteiger partial charge on any atom is 3.00 e. The number of carbonyl (C=O) groups excluding carboxylic acids is 3. The summed E-state index contributed by atoms with van der Waals surface area (Å²) in [5.74, 6) is -4.60. The molecule has 15 nitrogen and oxygen atoms in total. The van der Waals surface area contributed by atoms with E-state index in [0.717, 1.165) is 0 Å². The van der Waals surface area contributed by atoms with Crippen molar-refractivity contribution in [1.29, 1.82) is 0 Å². The minimum absolute atomic E-state index is 0. The summed E-state index contributed by atoms with van der Waals surface area (Å²) in [7, 11) is 0. The van der Waals surface area contributed by atoms with E-state index >= 15 is 0 Å². The van der Waals surface area contributed by atoms with Crippen LogP contribution in [-0.2, 0) is 31.7 Å². The number of aliphatic carboxylic acids is 3. The molecule has 0 aliphatic carbocycles. The van der Waals surface area contributed by atoms with Gasteiger partial charge in [0.25, 0.3) is 0 Å². The van der Waals surface area contributed by atoms with Gasteiger partial charge in [-0.25, -0.2) is 15.0 Å². The molecule has 1 radical (unpaired) electrons. The van der Waals surface area contributed by atoms with Crippen LogP contribution in [0.15, 0.2) is 15.0 Å². The van der Waals surface area contributed by atoms with Gasteiger partial charge >= 0.3 is 17.4 Å². The summed E-state index contributed by atoms with van der Waals surface area (Å²) in [4.78, 5) is 38.1. The third-order valence-electron chi connectivity index (χ3n) is 1.17. The number of guanidine groups is 3. The largest absolute Gasteiger partial charge is 3.00 e. The molecule has 0 aliphatic heterocycles. The predicted molar refractivity (Wildman–Crippen MR) is 77.1 cm³/mol. The maximum absolute atomic E-state index is 9.57. The van der Waals surface area contributed by atoms with Crippen molar-refractivity contribution in [1.82, 2.24) is 0 Å². The van der Waals surface area contributed by atoms with Crippen LogP contribution in [0.2, 0.25) is 0 Å². The number of nitrogens with zero attached hydrogens (tertiary/aromatic N) is 3. The van der Waals surface area contributed by atoms with Gasteiger partial charge in [0.2, 0.25) is 0 Å². The average Bonchev–Trinajstić information content (AvgIpc) is 2.42. The molecule has 16 heteroatoms. The third-order valence-corrected chi connectivity index (χ3v) is 1.17. The zero-order chi connectivity index (χ0) is 19.7. The summed E-state index contributed by atoms with van der Waals surface area (Å²) >= 11 is 0. The van der Waals surface area contributed by atoms with E-state index in [-0.39, 0.29) is 35.2 Å². The molecule has 0 rings (SSSR count). The molecule has 0 bridgehead atoms. The molecule has 0 fully saturated rings. The van der Waals surface area contributed by atoms with E-state index in [0.29, 0.717) is 0 Å². The van der Waals surface area contributed by atoms with Crippen LogP contribution in [0.3, 0.4) is 0 Å². The molecule has 0 atom stereocenters. The second-order valence-corrected chi connectivity index (χ2v) is 3.34. The van der Waals surface area contributed by atoms with Gasteiger partial charge in [0.15, 0.2) is 17.9 Å². The molecule has 0 aromatic carbocycles. The molecule has 141 valence electrons. The number of hydrogen-bond acceptors (Lipinski definition) is 9. The van der Waals surface area contributed by atoms with Crippen LogP contribution in [-0.4, -0.2) is 55.4 Å². The number of carbonyl (C=O) groups is 3. The summed E-state index contributed by atoms with van der Waals surface area (Å²) in [5, 5.41) is 28.7. The SMILES string of the molecule is NC(N)=NCC(=O)[O-].NC(N)=NCC(=O)[O-].NC(N)=NCC(=O)[O-].[Cr+3]. The molecule has 0 aromatic rings. The monoisotopic (exact) mass is 400 g/mol. The van der Waals surface area contributed by atoms with Crippen molar-refractivity contribution in [2.45, 2.75) is 0 Å². The Labute approximate surface area is 152 Å². The zero-order valence-corrected chi connectivity index (χ0v) is 14.1. The van der Waals surface area contributed by atoms with Gasteiger partial charge in [0, 0.05) is 0 Å². The molecule has 0 unspecified atom stereocenters. The zero-order valence-electron chi connectivity index (χ0n) is 12.8. The first-order chi connectivity index (χ1) is 10.9. The van der Waals surface area contributed by atoms with Crippen LogP contribution in [0.25, 0.3) is 0 Å². The van der Waals surface area contributed by atoms with E-state index in [1.807, 2.05) is 0 Å². The molecule has 25 heavy (non-hydrogen) atoms. The minimum Gasteiger partial charge on any atom is -0.548 e. The van der Waals surface area contributed by atoms with Crippen LogP contribution in [0.1, 0.15) is 0 Å². The minimum atomic E-state index is -1.29. The van der Waals surface area contributed by atoms with Crippen molar-refractivity contribution in [3.8, 4) is 0 Å². The normalized spacial score (nSPS) is 7.68. The molecule has 0 aromatic heterocycles. The Hall–Kier alpha value is -3.25. The van der Waals surface area contributed by atoms with Crippen molar-refractivity contribution in [2.24, 2.45) is 49.4 Å². The van der Waals surface area contributed by atoms with Gasteiger partial charge in [-0.2, -0.15) is 0 Å². The van der Waals surface area contributed by atoms with Gasteiger partial charge in [0.05, 0.1) is 37.5 Å². The number of hydrogen-bond donors (Lipinski definition) is 6. The van der Waals surface area contributed by atoms with E-state index in [9.17, 15) is 29.7 Å². The first kappa shape index (κ1) is 29.7. The summed E-state index contributed by atoms with van der Waals surface area (Å²) in [5.41, 5.74) is 28.7. The van der Waals surface area contributed by atoms with Crippen LogP contribution in [0.5, 0.6) is 0 Å². The van der Waals surface area contributed by atoms with Crippen molar-refractivity contribution in [3.05, 3.63) is 0 Å². The van der Waals surface area contributed by atoms with Gasteiger partial charge in [-0.15, -0.1) is 0 Å². The quantitative estimate of drug-likeness (QED) is 0.179. The van der Waals surface area contributed by atoms with Crippen molar-refractivity contribution < 1.29 is 47.1 Å². The van der Waals surface area contributed by atoms with Crippen molar-refractivity contribution in [3.63, 3.8) is 0 Å². The van der Waals surface area contributed by atoms with Gasteiger partial charge in [-0.3, -0.25) is 0 Å². The molecule has 12 N–H and O–H groups in total. The van der Waals surface area contributed by atoms with E-state index in [1.165, 1.54) is 0 Å². The molecule has 0 saturated carbocycles. The molecule has 0 spiro atoms. The van der Waals surface area contributed by atoms with E-state index in [4.69, 9.17) is 34.4 Å². The van der Waals surface area contributed by atoms with Crippen LogP contribution in [0, 0.1) is 0 Å². The summed E-state index contributed by atoms with van der Waals surface area (Å²) in [6.07, 6.45) is 0. The van der Waals surface area contributed by atoms with Gasteiger partial charge in [-0.05, 0) is 0 Å². The van der Waals surface area contributed by atoms with E-state index < -0.39 is 37.5 Å². The summed E-state index contributed by atoms with van der Waals surface area (Å²) < 4.78 is 0. The first-order valence-corrected chi connectivity index (χ1v) is 5.64. The van der Waals surface area contributed by atoms with Crippen molar-refractivity contribution >= 4 is 35.8 Å². The number of carboxylic acid groups (broad SMARTS) is 3. The number of carboxylic acids is 3. The Bertz CT molecular complexity index is 424. The smallest absolute Gasteiger partial charge is 0.548 e. The molecule has 0 aliphatic rings. The van der Waals surface area contributed by atoms with Crippen LogP contribution >= 0.6 is 0 Å². The van der Waals surface area contributed by atoms with E-state index in [1.54, 1.807) is 0 Å². The molecule has 0 saturated heterocycles. The first-order valence-electron chi connectivity index (χ1n) is 5.64. The number of aliphatic imine (C=N–C) groups is 3. The summed E-state index contributed by atoms with van der Waals surface area (Å²) in [6.45, 7) is -1.41. The maximum atomic E-state index is 9.57. The Morgan fingerprint density at radius 3 is 0.760 bits per heavy atom. The molecule has 0 amide bonds. The molecular formula is C9H18CrN9O6. The fourth-order valence-electron chi connectivity index (χ4n) is 0.468. The standard InChI is InChI=1S/3C3H7N3O2.Cr/c3*4-3(5)6-1-2(7)8;/h3*1H2,(H,7,8)(H4,4,5,6);/q;;;+3/p-3. The van der Waals surface area contributed by atoms with E-state index in [2.05, 4.69) is 15.0 Å². The second-order valence-electron chi connectivity index (χ2n) is 3.34. The number of rotatable bonds is 6. The van der Waals surface area contributed by atoms with Crippen LogP contribution < -0.4 is 49.7 Å². The Morgan fingerprint density at radius 2 is 0.720 bits per heavy atom. The average molecular weight is 400 g/mol. The Morgan fingerprint density at radius 1 is 0.560 bits per heavy atom. The fourth-order valence-corrected chi connectivity index (χ4v) is 0.468. The molecule has 0 heterocycles. The third kappa shape index (κ3) is 52.8. The molecular weight excluding hydrogens is 382 g/mol. The van der Waals surface area contributed by atoms with Crippen molar-refractivity contribution in [2.75, 3.05) is 19.6 Å². The predicted octanol–water partition coefficient (Wildman–Crippen LogP) is -8.97. The second kappa shape index (κ2) is 18.8. The Kier molecular flexibility index (Phi) is 22.4. The van der Waals surface area contributed by atoms with Gasteiger partial charge < -0.3 is 64.1 Å².